The summed E-state index contributed by atoms with van der Waals surface area (Å²) in [5.74, 6) is 0.443. The first-order valence-electron chi connectivity index (χ1n) is 11.0. The zero-order chi connectivity index (χ0) is 21.8. The van der Waals surface area contributed by atoms with Crippen LogP contribution in [0.15, 0.2) is 47.6 Å². The lowest BCUT2D eigenvalue weighted by atomic mass is 9.80. The van der Waals surface area contributed by atoms with E-state index in [4.69, 9.17) is 9.47 Å². The largest absolute Gasteiger partial charge is 0.474 e. The van der Waals surface area contributed by atoms with Crippen molar-refractivity contribution < 1.29 is 19.4 Å². The van der Waals surface area contributed by atoms with Crippen molar-refractivity contribution in [2.45, 2.75) is 63.7 Å². The van der Waals surface area contributed by atoms with E-state index in [1.807, 2.05) is 36.4 Å². The topological polar surface area (TPSA) is 81.0 Å². The average molecular weight is 423 g/mol. The van der Waals surface area contributed by atoms with Gasteiger partial charge in [-0.3, -0.25) is 9.78 Å². The number of carbonyl (C=O) groups is 1. The number of rotatable bonds is 7. The number of benzene rings is 1. The maximum absolute atomic E-state index is 12.9. The molecule has 1 N–H and O–H groups in total. The number of nitrogens with zero attached hydrogens (tertiary/aromatic N) is 2. The lowest BCUT2D eigenvalue weighted by Gasteiger charge is -2.29. The molecule has 0 unspecified atom stereocenters. The van der Waals surface area contributed by atoms with Crippen LogP contribution in [0.2, 0.25) is 0 Å². The fourth-order valence-electron chi connectivity index (χ4n) is 4.22. The van der Waals surface area contributed by atoms with E-state index in [1.165, 1.54) is 0 Å². The van der Waals surface area contributed by atoms with Crippen molar-refractivity contribution in [2.24, 2.45) is 4.99 Å². The van der Waals surface area contributed by atoms with Crippen LogP contribution in [0.25, 0.3) is 0 Å². The van der Waals surface area contributed by atoms with Gasteiger partial charge in [-0.25, -0.2) is 4.99 Å². The molecule has 2 aromatic rings. The van der Waals surface area contributed by atoms with E-state index >= 15 is 0 Å². The molecule has 6 heteroatoms. The molecule has 1 saturated heterocycles. The smallest absolute Gasteiger partial charge is 0.218 e. The van der Waals surface area contributed by atoms with Crippen LogP contribution in [-0.2, 0) is 27.2 Å². The van der Waals surface area contributed by atoms with E-state index in [9.17, 15) is 9.90 Å². The number of Topliss-reactive ketones (excluding diaryl/α,β-unsaturated/α-hetero) is 1. The predicted molar refractivity (Wildman–Crippen MR) is 118 cm³/mol. The zero-order valence-corrected chi connectivity index (χ0v) is 18.2. The normalized spacial score (nSPS) is 17.7. The standard InChI is InChI=1S/C25H30N2O4/c1-25(2,29)23(17-6-4-3-5-7-17)14-20(28)13-19-12-18-15-27-24(22(18)16-26-19)31-21-8-10-30-11-9-21/h3-7,12,16,21,23,29H,8-11,13-15H2,1-2H3/t23-/m0/s1. The first-order chi connectivity index (χ1) is 14.9. The fraction of sp³-hybridized carbons (Fsp3) is 0.480. The van der Waals surface area contributed by atoms with Crippen molar-refractivity contribution in [1.29, 1.82) is 0 Å². The van der Waals surface area contributed by atoms with Gasteiger partial charge in [0.2, 0.25) is 5.90 Å². The molecule has 2 aliphatic heterocycles. The van der Waals surface area contributed by atoms with Gasteiger partial charge >= 0.3 is 0 Å². The van der Waals surface area contributed by atoms with Crippen LogP contribution in [0, 0.1) is 0 Å². The van der Waals surface area contributed by atoms with Crippen LogP contribution >= 0.6 is 0 Å². The van der Waals surface area contributed by atoms with Crippen molar-refractivity contribution in [2.75, 3.05) is 13.2 Å². The summed E-state index contributed by atoms with van der Waals surface area (Å²) in [6, 6.07) is 11.7. The number of carbonyl (C=O) groups excluding carboxylic acids is 1. The van der Waals surface area contributed by atoms with Gasteiger partial charge in [0.1, 0.15) is 11.9 Å². The van der Waals surface area contributed by atoms with E-state index in [0.29, 0.717) is 12.4 Å². The molecule has 3 heterocycles. The van der Waals surface area contributed by atoms with E-state index in [0.717, 1.165) is 48.4 Å². The molecule has 0 bridgehead atoms. The summed E-state index contributed by atoms with van der Waals surface area (Å²) in [5, 5.41) is 10.6. The Morgan fingerprint density at radius 1 is 1.26 bits per heavy atom. The SMILES string of the molecule is CC(C)(O)[C@@H](CC(=O)Cc1cc2c(cn1)C(OC1CCOCC1)=NC2)c1ccccc1. The Bertz CT molecular complexity index is 944. The van der Waals surface area contributed by atoms with Gasteiger partial charge in [-0.05, 0) is 31.0 Å². The summed E-state index contributed by atoms with van der Waals surface area (Å²) in [5.41, 5.74) is 2.66. The molecule has 2 aliphatic rings. The van der Waals surface area contributed by atoms with Gasteiger partial charge in [0.25, 0.3) is 0 Å². The molecule has 0 saturated carbocycles. The Balaban J connectivity index is 1.40. The highest BCUT2D eigenvalue weighted by Crippen LogP contribution is 2.32. The van der Waals surface area contributed by atoms with E-state index in [-0.39, 0.29) is 30.6 Å². The van der Waals surface area contributed by atoms with Crippen LogP contribution in [0.5, 0.6) is 0 Å². The van der Waals surface area contributed by atoms with Crippen molar-refractivity contribution in [3.05, 3.63) is 65.0 Å². The Kier molecular flexibility index (Phi) is 6.49. The van der Waals surface area contributed by atoms with Crippen molar-refractivity contribution in [3.8, 4) is 0 Å². The Labute approximate surface area is 183 Å². The van der Waals surface area contributed by atoms with Crippen LogP contribution in [-0.4, -0.2) is 46.7 Å². The van der Waals surface area contributed by atoms with Crippen molar-refractivity contribution in [3.63, 3.8) is 0 Å². The molecule has 164 valence electrons. The molecule has 0 aliphatic carbocycles. The van der Waals surface area contributed by atoms with Gasteiger partial charge < -0.3 is 14.6 Å². The second-order valence-electron chi connectivity index (χ2n) is 8.92. The Morgan fingerprint density at radius 3 is 2.71 bits per heavy atom. The first kappa shape index (κ1) is 21.7. The van der Waals surface area contributed by atoms with Crippen LogP contribution < -0.4 is 0 Å². The number of hydrogen-bond acceptors (Lipinski definition) is 6. The highest BCUT2D eigenvalue weighted by atomic mass is 16.5. The summed E-state index contributed by atoms with van der Waals surface area (Å²) in [4.78, 5) is 21.9. The van der Waals surface area contributed by atoms with Gasteiger partial charge in [-0.15, -0.1) is 0 Å². The van der Waals surface area contributed by atoms with Crippen molar-refractivity contribution in [1.82, 2.24) is 4.98 Å². The molecule has 31 heavy (non-hydrogen) atoms. The molecule has 4 rings (SSSR count). The predicted octanol–water partition coefficient (Wildman–Crippen LogP) is 3.59. The second-order valence-corrected chi connectivity index (χ2v) is 8.92. The molecule has 1 aromatic carbocycles. The molecule has 6 nitrogen and oxygen atoms in total. The molecular weight excluding hydrogens is 392 g/mol. The first-order valence-corrected chi connectivity index (χ1v) is 11.0. The summed E-state index contributed by atoms with van der Waals surface area (Å²) in [7, 11) is 0. The highest BCUT2D eigenvalue weighted by Gasteiger charge is 2.30. The van der Waals surface area contributed by atoms with E-state index < -0.39 is 5.60 Å². The van der Waals surface area contributed by atoms with Gasteiger partial charge in [-0.2, -0.15) is 0 Å². The van der Waals surface area contributed by atoms with Crippen LogP contribution in [0.3, 0.4) is 0 Å². The van der Waals surface area contributed by atoms with Gasteiger partial charge in [-0.1, -0.05) is 30.3 Å². The highest BCUT2D eigenvalue weighted by molar-refractivity contribution is 5.97. The number of aromatic nitrogens is 1. The third kappa shape index (κ3) is 5.38. The zero-order valence-electron chi connectivity index (χ0n) is 18.2. The van der Waals surface area contributed by atoms with Crippen LogP contribution in [0.1, 0.15) is 61.4 Å². The second kappa shape index (κ2) is 9.28. The summed E-state index contributed by atoms with van der Waals surface area (Å²) >= 11 is 0. The van der Waals surface area contributed by atoms with E-state index in [1.54, 1.807) is 20.0 Å². The summed E-state index contributed by atoms with van der Waals surface area (Å²) in [6.45, 7) is 5.50. The molecule has 1 aromatic heterocycles. The lowest BCUT2D eigenvalue weighted by molar-refractivity contribution is -0.120. The van der Waals surface area contributed by atoms with Gasteiger partial charge in [0.05, 0.1) is 30.9 Å². The Morgan fingerprint density at radius 2 is 2.00 bits per heavy atom. The molecule has 1 fully saturated rings. The maximum atomic E-state index is 12.9. The quantitative estimate of drug-likeness (QED) is 0.737. The van der Waals surface area contributed by atoms with Gasteiger partial charge in [0.15, 0.2) is 0 Å². The number of aliphatic imine (C=N–C) groups is 1. The molecule has 0 radical (unpaired) electrons. The van der Waals surface area contributed by atoms with Crippen LogP contribution in [0.4, 0.5) is 0 Å². The van der Waals surface area contributed by atoms with Crippen molar-refractivity contribution >= 4 is 11.7 Å². The summed E-state index contributed by atoms with van der Waals surface area (Å²) in [6.07, 6.45) is 4.16. The minimum absolute atomic E-state index is 0.0565. The minimum Gasteiger partial charge on any atom is -0.474 e. The number of hydrogen-bond donors (Lipinski definition) is 1. The number of fused-ring (bicyclic) bond motifs is 1. The van der Waals surface area contributed by atoms with E-state index in [2.05, 4.69) is 9.98 Å². The molecular formula is C25H30N2O4. The molecule has 1 atom stereocenters. The molecule has 0 spiro atoms. The maximum Gasteiger partial charge on any atom is 0.218 e. The average Bonchev–Trinajstić information content (AvgIpc) is 3.14. The number of ether oxygens (including phenoxy) is 2. The third-order valence-electron chi connectivity index (χ3n) is 5.98. The summed E-state index contributed by atoms with van der Waals surface area (Å²) < 4.78 is 11.5. The monoisotopic (exact) mass is 422 g/mol. The number of ketones is 1. The number of pyridine rings is 1. The molecule has 0 amide bonds. The van der Waals surface area contributed by atoms with Gasteiger partial charge in [0, 0.05) is 43.5 Å². The fourth-order valence-corrected chi connectivity index (χ4v) is 4.22. The lowest BCUT2D eigenvalue weighted by Crippen LogP contribution is -2.31. The third-order valence-corrected chi connectivity index (χ3v) is 5.98. The Hall–Kier alpha value is -2.57. The number of aliphatic hydroxyl groups is 1. The minimum atomic E-state index is -0.993.